The Morgan fingerprint density at radius 1 is 1.23 bits per heavy atom. The van der Waals surface area contributed by atoms with Gasteiger partial charge in [-0.05, 0) is 38.1 Å². The third-order valence-electron chi connectivity index (χ3n) is 5.03. The zero-order valence-corrected chi connectivity index (χ0v) is 17.1. The molecule has 0 aromatic heterocycles. The lowest BCUT2D eigenvalue weighted by atomic mass is 10.1. The molecule has 1 N–H and O–H groups in total. The Balaban J connectivity index is 0.00000176. The van der Waals surface area contributed by atoms with Crippen molar-refractivity contribution in [3.05, 3.63) is 0 Å². The Bertz CT molecular complexity index is 375. The molecule has 3 fully saturated rings. The van der Waals surface area contributed by atoms with Crippen LogP contribution in [0.5, 0.6) is 0 Å². The summed E-state index contributed by atoms with van der Waals surface area (Å²) in [5.74, 6) is 3.17. The van der Waals surface area contributed by atoms with Gasteiger partial charge >= 0.3 is 0 Å². The molecule has 2 aliphatic heterocycles. The van der Waals surface area contributed by atoms with Crippen LogP contribution < -0.4 is 5.32 Å². The SMILES string of the molecule is CCC1CN(C(=NC)NCC2CCN(C3CC3)C2)CCS1.I. The quantitative estimate of drug-likeness (QED) is 0.415. The molecule has 6 heteroatoms. The molecule has 3 rings (SSSR count). The summed E-state index contributed by atoms with van der Waals surface area (Å²) >= 11 is 2.12. The molecule has 4 nitrogen and oxygen atoms in total. The van der Waals surface area contributed by atoms with Gasteiger partial charge in [0.05, 0.1) is 0 Å². The van der Waals surface area contributed by atoms with Crippen molar-refractivity contribution in [2.24, 2.45) is 10.9 Å². The highest BCUT2D eigenvalue weighted by Gasteiger charge is 2.34. The zero-order chi connectivity index (χ0) is 14.7. The molecule has 2 saturated heterocycles. The van der Waals surface area contributed by atoms with Crippen LogP contribution in [0, 0.1) is 5.92 Å². The van der Waals surface area contributed by atoms with Crippen LogP contribution in [-0.2, 0) is 0 Å². The molecule has 0 radical (unpaired) electrons. The highest BCUT2D eigenvalue weighted by molar-refractivity contribution is 14.0. The van der Waals surface area contributed by atoms with Crippen LogP contribution in [0.3, 0.4) is 0 Å². The molecule has 1 saturated carbocycles. The minimum atomic E-state index is 0. The summed E-state index contributed by atoms with van der Waals surface area (Å²) < 4.78 is 0. The lowest BCUT2D eigenvalue weighted by molar-refractivity contribution is 0.313. The Hall–Kier alpha value is 0.310. The van der Waals surface area contributed by atoms with E-state index in [1.807, 2.05) is 7.05 Å². The normalized spacial score (nSPS) is 30.3. The second-order valence-corrected chi connectivity index (χ2v) is 8.06. The summed E-state index contributed by atoms with van der Waals surface area (Å²) in [6.45, 7) is 8.29. The molecule has 3 aliphatic rings. The molecular formula is C16H31IN4S. The largest absolute Gasteiger partial charge is 0.356 e. The Kier molecular flexibility index (Phi) is 7.60. The van der Waals surface area contributed by atoms with E-state index in [9.17, 15) is 0 Å². The van der Waals surface area contributed by atoms with E-state index in [-0.39, 0.29) is 24.0 Å². The molecule has 0 aromatic carbocycles. The van der Waals surface area contributed by atoms with Gasteiger partial charge in [-0.3, -0.25) is 4.99 Å². The number of likely N-dealkylation sites (tertiary alicyclic amines) is 1. The first-order valence-electron chi connectivity index (χ1n) is 8.61. The van der Waals surface area contributed by atoms with Gasteiger partial charge in [0.1, 0.15) is 0 Å². The van der Waals surface area contributed by atoms with Gasteiger partial charge in [-0.2, -0.15) is 11.8 Å². The van der Waals surface area contributed by atoms with Crippen LogP contribution in [-0.4, -0.2) is 72.6 Å². The Morgan fingerprint density at radius 3 is 2.73 bits per heavy atom. The number of guanidine groups is 1. The molecule has 0 bridgehead atoms. The van der Waals surface area contributed by atoms with Crippen molar-refractivity contribution >= 4 is 41.7 Å². The smallest absolute Gasteiger partial charge is 0.193 e. The topological polar surface area (TPSA) is 30.9 Å². The second-order valence-electron chi connectivity index (χ2n) is 6.66. The fourth-order valence-corrected chi connectivity index (χ4v) is 4.71. The average Bonchev–Trinajstić information content (AvgIpc) is 3.27. The molecule has 128 valence electrons. The predicted molar refractivity (Wildman–Crippen MR) is 108 cm³/mol. The summed E-state index contributed by atoms with van der Waals surface area (Å²) in [5.41, 5.74) is 0. The molecule has 2 heterocycles. The number of thioether (sulfide) groups is 1. The molecule has 1 aliphatic carbocycles. The fraction of sp³-hybridized carbons (Fsp3) is 0.938. The average molecular weight is 438 g/mol. The summed E-state index contributed by atoms with van der Waals surface area (Å²) in [6.07, 6.45) is 5.49. The van der Waals surface area contributed by atoms with Crippen molar-refractivity contribution in [2.45, 2.75) is 43.9 Å². The van der Waals surface area contributed by atoms with Gasteiger partial charge in [-0.1, -0.05) is 6.92 Å². The Morgan fingerprint density at radius 2 is 2.05 bits per heavy atom. The number of halogens is 1. The van der Waals surface area contributed by atoms with Gasteiger partial charge in [0.25, 0.3) is 0 Å². The monoisotopic (exact) mass is 438 g/mol. The van der Waals surface area contributed by atoms with Crippen molar-refractivity contribution in [3.63, 3.8) is 0 Å². The second kappa shape index (κ2) is 8.97. The van der Waals surface area contributed by atoms with E-state index in [4.69, 9.17) is 0 Å². The van der Waals surface area contributed by atoms with Crippen molar-refractivity contribution in [1.29, 1.82) is 0 Å². The van der Waals surface area contributed by atoms with E-state index in [2.05, 4.69) is 38.8 Å². The van der Waals surface area contributed by atoms with Crippen molar-refractivity contribution in [2.75, 3.05) is 45.5 Å². The van der Waals surface area contributed by atoms with Crippen LogP contribution in [0.4, 0.5) is 0 Å². The van der Waals surface area contributed by atoms with Gasteiger partial charge in [-0.15, -0.1) is 24.0 Å². The van der Waals surface area contributed by atoms with Gasteiger partial charge in [0.15, 0.2) is 5.96 Å². The maximum atomic E-state index is 4.52. The Labute approximate surface area is 156 Å². The first-order valence-corrected chi connectivity index (χ1v) is 9.66. The number of nitrogens with one attached hydrogen (secondary N) is 1. The van der Waals surface area contributed by atoms with Gasteiger partial charge < -0.3 is 15.1 Å². The molecular weight excluding hydrogens is 407 g/mol. The summed E-state index contributed by atoms with van der Waals surface area (Å²) in [6, 6.07) is 0.929. The van der Waals surface area contributed by atoms with E-state index >= 15 is 0 Å². The minimum absolute atomic E-state index is 0. The van der Waals surface area contributed by atoms with E-state index in [1.165, 1.54) is 44.5 Å². The number of hydrogen-bond donors (Lipinski definition) is 1. The number of nitrogens with zero attached hydrogens (tertiary/aromatic N) is 3. The van der Waals surface area contributed by atoms with Gasteiger partial charge in [0, 0.05) is 50.3 Å². The molecule has 0 amide bonds. The lowest BCUT2D eigenvalue weighted by Gasteiger charge is -2.34. The number of hydrogen-bond acceptors (Lipinski definition) is 3. The van der Waals surface area contributed by atoms with Crippen LogP contribution in [0.15, 0.2) is 4.99 Å². The van der Waals surface area contributed by atoms with Gasteiger partial charge in [-0.25, -0.2) is 0 Å². The van der Waals surface area contributed by atoms with Crippen LogP contribution in [0.2, 0.25) is 0 Å². The highest BCUT2D eigenvalue weighted by atomic mass is 127. The summed E-state index contributed by atoms with van der Waals surface area (Å²) in [5, 5.41) is 4.42. The summed E-state index contributed by atoms with van der Waals surface area (Å²) in [7, 11) is 1.93. The van der Waals surface area contributed by atoms with E-state index in [1.54, 1.807) is 0 Å². The predicted octanol–water partition coefficient (Wildman–Crippen LogP) is 2.49. The molecule has 0 aromatic rings. The van der Waals surface area contributed by atoms with E-state index in [0.29, 0.717) is 0 Å². The first-order chi connectivity index (χ1) is 10.3. The molecule has 2 unspecified atom stereocenters. The maximum absolute atomic E-state index is 4.52. The van der Waals surface area contributed by atoms with Crippen molar-refractivity contribution in [1.82, 2.24) is 15.1 Å². The molecule has 2 atom stereocenters. The van der Waals surface area contributed by atoms with Crippen LogP contribution in [0.1, 0.15) is 32.6 Å². The maximum Gasteiger partial charge on any atom is 0.193 e. The molecule has 0 spiro atoms. The van der Waals surface area contributed by atoms with E-state index in [0.717, 1.165) is 42.8 Å². The minimum Gasteiger partial charge on any atom is -0.356 e. The zero-order valence-electron chi connectivity index (χ0n) is 14.0. The third-order valence-corrected chi connectivity index (χ3v) is 6.41. The first kappa shape index (κ1) is 18.6. The van der Waals surface area contributed by atoms with Crippen LogP contribution >= 0.6 is 35.7 Å². The van der Waals surface area contributed by atoms with Crippen molar-refractivity contribution < 1.29 is 0 Å². The molecule has 22 heavy (non-hydrogen) atoms. The fourth-order valence-electron chi connectivity index (χ4n) is 3.53. The lowest BCUT2D eigenvalue weighted by Crippen LogP contribution is -2.49. The third kappa shape index (κ3) is 4.90. The standard InChI is InChI=1S/C16H30N4S.HI/c1-3-15-12-20(8-9-21-15)16(17-2)18-10-13-6-7-19(11-13)14-4-5-14;/h13-15H,3-12H2,1-2H3,(H,17,18);1H. The highest BCUT2D eigenvalue weighted by Crippen LogP contribution is 2.31. The number of aliphatic imine (C=N–C) groups is 1. The van der Waals surface area contributed by atoms with Crippen molar-refractivity contribution in [3.8, 4) is 0 Å². The van der Waals surface area contributed by atoms with E-state index < -0.39 is 0 Å². The summed E-state index contributed by atoms with van der Waals surface area (Å²) in [4.78, 5) is 9.67. The van der Waals surface area contributed by atoms with Crippen LogP contribution in [0.25, 0.3) is 0 Å². The van der Waals surface area contributed by atoms with Gasteiger partial charge in [0.2, 0.25) is 0 Å². The number of rotatable bonds is 4.